The predicted molar refractivity (Wildman–Crippen MR) is 126 cm³/mol. The van der Waals surface area contributed by atoms with E-state index in [0.29, 0.717) is 22.3 Å². The Balaban J connectivity index is 1.67. The second-order valence-corrected chi connectivity index (χ2v) is 8.22. The van der Waals surface area contributed by atoms with Gasteiger partial charge in [-0.1, -0.05) is 6.07 Å². The van der Waals surface area contributed by atoms with Gasteiger partial charge in [-0.25, -0.2) is 9.97 Å². The first-order chi connectivity index (χ1) is 16.0. The number of aliphatic hydroxyl groups is 1. The molecule has 4 heterocycles. The van der Waals surface area contributed by atoms with Crippen molar-refractivity contribution in [2.45, 2.75) is 13.5 Å². The number of hydrogen-bond donors (Lipinski definition) is 1. The minimum absolute atomic E-state index is 0.136. The fraction of sp³-hybridized carbons (Fsp3) is 0.333. The number of morpholine rings is 1. The summed E-state index contributed by atoms with van der Waals surface area (Å²) in [6.07, 6.45) is 5.04. The van der Waals surface area contributed by atoms with Crippen LogP contribution >= 0.6 is 0 Å². The van der Waals surface area contributed by atoms with Gasteiger partial charge in [0.1, 0.15) is 11.2 Å². The lowest BCUT2D eigenvalue weighted by Crippen LogP contribution is -2.36. The third-order valence-corrected chi connectivity index (χ3v) is 5.97. The highest BCUT2D eigenvalue weighted by Gasteiger charge is 2.18. The van der Waals surface area contributed by atoms with Crippen LogP contribution in [0, 0.1) is 6.92 Å². The molecular formula is C24H26N6O3. The number of aromatic nitrogens is 5. The van der Waals surface area contributed by atoms with E-state index in [4.69, 9.17) is 9.72 Å². The summed E-state index contributed by atoms with van der Waals surface area (Å²) in [5.74, 6) is 0. The number of nitrogens with zero attached hydrogens (tertiary/aromatic N) is 6. The van der Waals surface area contributed by atoms with Crippen molar-refractivity contribution in [3.8, 4) is 22.5 Å². The van der Waals surface area contributed by atoms with Gasteiger partial charge in [0.05, 0.1) is 50.0 Å². The Morgan fingerprint density at radius 1 is 1.15 bits per heavy atom. The number of benzene rings is 1. The molecule has 1 aliphatic heterocycles. The molecule has 0 amide bonds. The molecule has 0 radical (unpaired) electrons. The molecule has 0 saturated carbocycles. The minimum atomic E-state index is -0.204. The van der Waals surface area contributed by atoms with Crippen LogP contribution in [0.1, 0.15) is 5.56 Å². The molecule has 170 valence electrons. The van der Waals surface area contributed by atoms with Crippen LogP contribution in [0.2, 0.25) is 0 Å². The second kappa shape index (κ2) is 8.76. The van der Waals surface area contributed by atoms with Gasteiger partial charge in [-0.2, -0.15) is 5.10 Å². The number of hydrogen-bond acceptors (Lipinski definition) is 7. The summed E-state index contributed by atoms with van der Waals surface area (Å²) < 4.78 is 8.60. The molecule has 0 spiro atoms. The fourth-order valence-electron chi connectivity index (χ4n) is 4.30. The van der Waals surface area contributed by atoms with E-state index in [1.165, 1.54) is 16.6 Å². The van der Waals surface area contributed by atoms with Gasteiger partial charge in [0.25, 0.3) is 5.56 Å². The SMILES string of the molecule is Cc1cc(-c2cc3c(=O)n(CCO)cnc3c(-c3cnn(C)c3)n2)ccc1N1CCOCC1. The van der Waals surface area contributed by atoms with Crippen LogP contribution in [0.3, 0.4) is 0 Å². The number of rotatable bonds is 5. The maximum absolute atomic E-state index is 13.2. The smallest absolute Gasteiger partial charge is 0.261 e. The van der Waals surface area contributed by atoms with E-state index >= 15 is 0 Å². The predicted octanol–water partition coefficient (Wildman–Crippen LogP) is 2.00. The molecule has 1 fully saturated rings. The number of anilines is 1. The Morgan fingerprint density at radius 3 is 2.67 bits per heavy atom. The van der Waals surface area contributed by atoms with Crippen molar-refractivity contribution in [2.75, 3.05) is 37.8 Å². The van der Waals surface area contributed by atoms with Crippen LogP contribution in [-0.2, 0) is 18.3 Å². The summed E-state index contributed by atoms with van der Waals surface area (Å²) in [5, 5.41) is 14.1. The van der Waals surface area contributed by atoms with Gasteiger partial charge in [-0.3, -0.25) is 14.0 Å². The van der Waals surface area contributed by atoms with Crippen LogP contribution in [-0.4, -0.2) is 62.3 Å². The highest BCUT2D eigenvalue weighted by atomic mass is 16.5. The monoisotopic (exact) mass is 446 g/mol. The molecule has 1 aromatic carbocycles. The molecule has 3 aromatic heterocycles. The summed E-state index contributed by atoms with van der Waals surface area (Å²) in [5.41, 5.74) is 5.66. The first-order valence-electron chi connectivity index (χ1n) is 11.0. The lowest BCUT2D eigenvalue weighted by atomic mass is 10.0. The second-order valence-electron chi connectivity index (χ2n) is 8.22. The lowest BCUT2D eigenvalue weighted by molar-refractivity contribution is 0.122. The van der Waals surface area contributed by atoms with Crippen molar-refractivity contribution in [1.82, 2.24) is 24.3 Å². The Hall–Kier alpha value is -3.56. The Morgan fingerprint density at radius 2 is 1.97 bits per heavy atom. The average Bonchev–Trinajstić information content (AvgIpc) is 3.27. The van der Waals surface area contributed by atoms with E-state index in [2.05, 4.69) is 34.0 Å². The number of aryl methyl sites for hydroxylation is 2. The molecule has 1 N–H and O–H groups in total. The Kier molecular flexibility index (Phi) is 5.65. The molecule has 5 rings (SSSR count). The highest BCUT2D eigenvalue weighted by molar-refractivity contribution is 5.93. The summed E-state index contributed by atoms with van der Waals surface area (Å²) in [4.78, 5) is 24.9. The first-order valence-corrected chi connectivity index (χ1v) is 11.0. The van der Waals surface area contributed by atoms with E-state index in [0.717, 1.165) is 43.0 Å². The van der Waals surface area contributed by atoms with E-state index in [1.54, 1.807) is 16.9 Å². The van der Waals surface area contributed by atoms with Gasteiger partial charge in [-0.05, 0) is 30.7 Å². The molecule has 9 heteroatoms. The third-order valence-electron chi connectivity index (χ3n) is 5.97. The molecule has 0 aliphatic carbocycles. The zero-order valence-electron chi connectivity index (χ0n) is 18.7. The van der Waals surface area contributed by atoms with Gasteiger partial charge >= 0.3 is 0 Å². The summed E-state index contributed by atoms with van der Waals surface area (Å²) in [7, 11) is 1.84. The van der Waals surface area contributed by atoms with Crippen molar-refractivity contribution in [2.24, 2.45) is 7.05 Å². The standard InChI is InChI=1S/C24H26N6O3/c1-16-11-17(3-4-21(16)29-6-9-33-10-7-29)20-12-19-23(25-15-30(5-8-31)24(19)32)22(27-20)18-13-26-28(2)14-18/h3-4,11-15,31H,5-10H2,1-2H3. The van der Waals surface area contributed by atoms with E-state index in [9.17, 15) is 9.90 Å². The third kappa shape index (κ3) is 4.01. The fourth-order valence-corrected chi connectivity index (χ4v) is 4.30. The average molecular weight is 447 g/mol. The van der Waals surface area contributed by atoms with Crippen LogP contribution in [0.25, 0.3) is 33.4 Å². The summed E-state index contributed by atoms with van der Waals surface area (Å²) >= 11 is 0. The molecule has 0 bridgehead atoms. The van der Waals surface area contributed by atoms with Gasteiger partial charge in [-0.15, -0.1) is 0 Å². The largest absolute Gasteiger partial charge is 0.395 e. The summed E-state index contributed by atoms with van der Waals surface area (Å²) in [6, 6.07) is 8.05. The van der Waals surface area contributed by atoms with E-state index in [-0.39, 0.29) is 18.7 Å². The number of aliphatic hydroxyl groups excluding tert-OH is 1. The van der Waals surface area contributed by atoms with Crippen molar-refractivity contribution >= 4 is 16.6 Å². The maximum Gasteiger partial charge on any atom is 0.261 e. The molecule has 33 heavy (non-hydrogen) atoms. The van der Waals surface area contributed by atoms with Gasteiger partial charge in [0, 0.05) is 43.1 Å². The van der Waals surface area contributed by atoms with E-state index in [1.807, 2.05) is 19.3 Å². The lowest BCUT2D eigenvalue weighted by Gasteiger charge is -2.30. The number of ether oxygens (including phenoxy) is 1. The number of pyridine rings is 1. The molecule has 9 nitrogen and oxygen atoms in total. The highest BCUT2D eigenvalue weighted by Crippen LogP contribution is 2.31. The van der Waals surface area contributed by atoms with Crippen LogP contribution < -0.4 is 10.5 Å². The topological polar surface area (TPSA) is 98.3 Å². The van der Waals surface area contributed by atoms with Crippen LogP contribution in [0.5, 0.6) is 0 Å². The van der Waals surface area contributed by atoms with E-state index < -0.39 is 0 Å². The molecule has 4 aromatic rings. The summed E-state index contributed by atoms with van der Waals surface area (Å²) in [6.45, 7) is 5.35. The zero-order chi connectivity index (χ0) is 22.9. The Labute approximate surface area is 190 Å². The minimum Gasteiger partial charge on any atom is -0.395 e. The Bertz CT molecular complexity index is 1370. The van der Waals surface area contributed by atoms with Crippen molar-refractivity contribution in [3.63, 3.8) is 0 Å². The van der Waals surface area contributed by atoms with Gasteiger partial charge in [0.2, 0.25) is 0 Å². The molecular weight excluding hydrogens is 420 g/mol. The van der Waals surface area contributed by atoms with Crippen molar-refractivity contribution in [3.05, 3.63) is 58.9 Å². The molecule has 1 aliphatic rings. The molecule has 0 unspecified atom stereocenters. The van der Waals surface area contributed by atoms with Crippen molar-refractivity contribution in [1.29, 1.82) is 0 Å². The van der Waals surface area contributed by atoms with Gasteiger partial charge in [0.15, 0.2) is 0 Å². The molecule has 1 saturated heterocycles. The molecule has 0 atom stereocenters. The first kappa shape index (κ1) is 21.3. The normalized spacial score (nSPS) is 14.2. The van der Waals surface area contributed by atoms with Crippen LogP contribution in [0.4, 0.5) is 5.69 Å². The number of fused-ring (bicyclic) bond motifs is 1. The van der Waals surface area contributed by atoms with Crippen molar-refractivity contribution < 1.29 is 9.84 Å². The maximum atomic E-state index is 13.2. The van der Waals surface area contributed by atoms with Crippen LogP contribution in [0.15, 0.2) is 47.8 Å². The quantitative estimate of drug-likeness (QED) is 0.501. The zero-order valence-corrected chi connectivity index (χ0v) is 18.7. The van der Waals surface area contributed by atoms with Gasteiger partial charge < -0.3 is 14.7 Å².